The first kappa shape index (κ1) is 16.8. The van der Waals surface area contributed by atoms with E-state index in [4.69, 9.17) is 5.73 Å². The molecule has 1 unspecified atom stereocenters. The molecule has 0 aromatic carbocycles. The van der Waals surface area contributed by atoms with E-state index in [2.05, 4.69) is 24.1 Å². The van der Waals surface area contributed by atoms with Crippen molar-refractivity contribution in [1.29, 1.82) is 0 Å². The average Bonchev–Trinajstić information content (AvgIpc) is 2.36. The van der Waals surface area contributed by atoms with Crippen molar-refractivity contribution in [3.05, 3.63) is 0 Å². The molecule has 4 nitrogen and oxygen atoms in total. The van der Waals surface area contributed by atoms with Crippen LogP contribution in [0.15, 0.2) is 0 Å². The van der Waals surface area contributed by atoms with Crippen LogP contribution in [-0.2, 0) is 4.79 Å². The third-order valence-electron chi connectivity index (χ3n) is 5.23. The van der Waals surface area contributed by atoms with Gasteiger partial charge in [-0.2, -0.15) is 0 Å². The SMILES string of the molecule is CC1(C)CN(CC(=O)NC2CCCCCCC2)CCC1N. The van der Waals surface area contributed by atoms with Crippen LogP contribution in [0.4, 0.5) is 0 Å². The van der Waals surface area contributed by atoms with Gasteiger partial charge in [-0.3, -0.25) is 9.69 Å². The summed E-state index contributed by atoms with van der Waals surface area (Å²) in [6.07, 6.45) is 9.83. The van der Waals surface area contributed by atoms with Gasteiger partial charge in [0.15, 0.2) is 0 Å². The molecule has 1 aliphatic heterocycles. The second-order valence-corrected chi connectivity index (χ2v) is 7.70. The van der Waals surface area contributed by atoms with Crippen LogP contribution >= 0.6 is 0 Å². The Kier molecular flexibility index (Phi) is 6.06. The molecule has 2 rings (SSSR count). The quantitative estimate of drug-likeness (QED) is 0.840. The lowest BCUT2D eigenvalue weighted by Gasteiger charge is -2.42. The molecule has 0 bridgehead atoms. The first-order chi connectivity index (χ1) is 9.97. The zero-order valence-corrected chi connectivity index (χ0v) is 13.9. The molecular weight excluding hydrogens is 262 g/mol. The Hall–Kier alpha value is -0.610. The zero-order chi connectivity index (χ0) is 15.3. The molecule has 4 heteroatoms. The zero-order valence-electron chi connectivity index (χ0n) is 13.9. The van der Waals surface area contributed by atoms with Crippen LogP contribution in [0.25, 0.3) is 0 Å². The van der Waals surface area contributed by atoms with Gasteiger partial charge in [-0.25, -0.2) is 0 Å². The lowest BCUT2D eigenvalue weighted by atomic mass is 9.80. The van der Waals surface area contributed by atoms with Crippen molar-refractivity contribution in [2.24, 2.45) is 11.1 Å². The molecule has 1 saturated carbocycles. The van der Waals surface area contributed by atoms with E-state index in [0.717, 1.165) is 32.4 Å². The summed E-state index contributed by atoms with van der Waals surface area (Å²) in [5.41, 5.74) is 6.27. The second kappa shape index (κ2) is 7.59. The molecule has 122 valence electrons. The number of piperidine rings is 1. The highest BCUT2D eigenvalue weighted by Gasteiger charge is 2.34. The van der Waals surface area contributed by atoms with Gasteiger partial charge in [0.1, 0.15) is 0 Å². The van der Waals surface area contributed by atoms with E-state index in [1.54, 1.807) is 0 Å². The number of hydrogen-bond donors (Lipinski definition) is 2. The lowest BCUT2D eigenvalue weighted by molar-refractivity contribution is -0.123. The van der Waals surface area contributed by atoms with Crippen LogP contribution in [0.3, 0.4) is 0 Å². The van der Waals surface area contributed by atoms with Gasteiger partial charge in [0.05, 0.1) is 6.54 Å². The maximum Gasteiger partial charge on any atom is 0.234 e. The highest BCUT2D eigenvalue weighted by molar-refractivity contribution is 5.78. The van der Waals surface area contributed by atoms with Crippen molar-refractivity contribution < 1.29 is 4.79 Å². The Morgan fingerprint density at radius 3 is 2.38 bits per heavy atom. The number of likely N-dealkylation sites (tertiary alicyclic amines) is 1. The van der Waals surface area contributed by atoms with Crippen LogP contribution in [0.2, 0.25) is 0 Å². The van der Waals surface area contributed by atoms with Gasteiger partial charge in [0.2, 0.25) is 5.91 Å². The summed E-state index contributed by atoms with van der Waals surface area (Å²) in [5, 5.41) is 3.26. The molecule has 3 N–H and O–H groups in total. The number of amides is 1. The van der Waals surface area contributed by atoms with Gasteiger partial charge in [-0.05, 0) is 24.7 Å². The molecule has 0 radical (unpaired) electrons. The number of nitrogens with zero attached hydrogens (tertiary/aromatic N) is 1. The van der Waals surface area contributed by atoms with Gasteiger partial charge in [-0.1, -0.05) is 46.0 Å². The topological polar surface area (TPSA) is 58.4 Å². The van der Waals surface area contributed by atoms with Gasteiger partial charge < -0.3 is 11.1 Å². The molecule has 1 aliphatic carbocycles. The minimum Gasteiger partial charge on any atom is -0.352 e. The maximum absolute atomic E-state index is 12.3. The summed E-state index contributed by atoms with van der Waals surface area (Å²) in [6.45, 7) is 6.81. The number of rotatable bonds is 3. The molecule has 0 aromatic heterocycles. The minimum absolute atomic E-state index is 0.110. The van der Waals surface area contributed by atoms with Crippen molar-refractivity contribution in [2.45, 2.75) is 77.3 Å². The molecule has 1 saturated heterocycles. The smallest absolute Gasteiger partial charge is 0.234 e. The normalized spacial score (nSPS) is 28.6. The number of carbonyl (C=O) groups is 1. The summed E-state index contributed by atoms with van der Waals surface area (Å²) < 4.78 is 0. The molecular formula is C17H33N3O. The van der Waals surface area contributed by atoms with E-state index in [0.29, 0.717) is 12.6 Å². The van der Waals surface area contributed by atoms with Crippen LogP contribution < -0.4 is 11.1 Å². The van der Waals surface area contributed by atoms with E-state index in [1.165, 1.54) is 32.1 Å². The van der Waals surface area contributed by atoms with Crippen LogP contribution in [0.5, 0.6) is 0 Å². The summed E-state index contributed by atoms with van der Waals surface area (Å²) in [4.78, 5) is 14.6. The Morgan fingerprint density at radius 2 is 1.76 bits per heavy atom. The highest BCUT2D eigenvalue weighted by atomic mass is 16.2. The van der Waals surface area contributed by atoms with Crippen LogP contribution in [0, 0.1) is 5.41 Å². The van der Waals surface area contributed by atoms with E-state index in [9.17, 15) is 4.79 Å². The molecule has 0 spiro atoms. The van der Waals surface area contributed by atoms with E-state index < -0.39 is 0 Å². The monoisotopic (exact) mass is 295 g/mol. The third kappa shape index (κ3) is 5.26. The standard InChI is InChI=1S/C17H33N3O/c1-17(2)13-20(11-10-15(17)18)12-16(21)19-14-8-6-4-3-5-7-9-14/h14-15H,3-13,18H2,1-2H3,(H,19,21). The Bertz CT molecular complexity index is 335. The largest absolute Gasteiger partial charge is 0.352 e. The highest BCUT2D eigenvalue weighted by Crippen LogP contribution is 2.27. The lowest BCUT2D eigenvalue weighted by Crippen LogP contribution is -2.54. The predicted octanol–water partition coefficient (Wildman–Crippen LogP) is 2.27. The fourth-order valence-electron chi connectivity index (χ4n) is 3.70. The Balaban J connectivity index is 1.76. The third-order valence-corrected chi connectivity index (χ3v) is 5.23. The van der Waals surface area contributed by atoms with Crippen LogP contribution in [-0.4, -0.2) is 42.5 Å². The summed E-state index contributed by atoms with van der Waals surface area (Å²) in [5.74, 6) is 0.201. The van der Waals surface area contributed by atoms with Crippen molar-refractivity contribution in [2.75, 3.05) is 19.6 Å². The minimum atomic E-state index is 0.110. The fourth-order valence-corrected chi connectivity index (χ4v) is 3.70. The number of nitrogens with two attached hydrogens (primary N) is 1. The number of nitrogens with one attached hydrogen (secondary N) is 1. The molecule has 0 aromatic rings. The first-order valence-corrected chi connectivity index (χ1v) is 8.75. The summed E-state index contributed by atoms with van der Waals surface area (Å²) >= 11 is 0. The van der Waals surface area contributed by atoms with Gasteiger partial charge in [-0.15, -0.1) is 0 Å². The molecule has 1 amide bonds. The maximum atomic E-state index is 12.3. The van der Waals surface area contributed by atoms with E-state index in [-0.39, 0.29) is 17.4 Å². The first-order valence-electron chi connectivity index (χ1n) is 8.75. The van der Waals surface area contributed by atoms with Crippen LogP contribution in [0.1, 0.15) is 65.2 Å². The molecule has 1 atom stereocenters. The van der Waals surface area contributed by atoms with Crippen molar-refractivity contribution in [3.63, 3.8) is 0 Å². The Morgan fingerprint density at radius 1 is 1.14 bits per heavy atom. The van der Waals surface area contributed by atoms with Crippen molar-refractivity contribution >= 4 is 5.91 Å². The fraction of sp³-hybridized carbons (Fsp3) is 0.941. The van der Waals surface area contributed by atoms with Gasteiger partial charge in [0.25, 0.3) is 0 Å². The van der Waals surface area contributed by atoms with E-state index in [1.807, 2.05) is 0 Å². The van der Waals surface area contributed by atoms with Gasteiger partial charge in [0, 0.05) is 25.2 Å². The molecule has 2 aliphatic rings. The molecule has 1 heterocycles. The van der Waals surface area contributed by atoms with Crippen molar-refractivity contribution in [3.8, 4) is 0 Å². The Labute approximate surface area is 129 Å². The summed E-state index contributed by atoms with van der Waals surface area (Å²) in [7, 11) is 0. The number of hydrogen-bond acceptors (Lipinski definition) is 3. The van der Waals surface area contributed by atoms with E-state index >= 15 is 0 Å². The second-order valence-electron chi connectivity index (χ2n) is 7.70. The molecule has 2 fully saturated rings. The summed E-state index contributed by atoms with van der Waals surface area (Å²) in [6, 6.07) is 0.653. The average molecular weight is 295 g/mol. The molecule has 21 heavy (non-hydrogen) atoms. The predicted molar refractivity (Wildman–Crippen MR) is 87.1 cm³/mol. The van der Waals surface area contributed by atoms with Gasteiger partial charge >= 0.3 is 0 Å². The van der Waals surface area contributed by atoms with Crippen molar-refractivity contribution in [1.82, 2.24) is 10.2 Å². The number of carbonyl (C=O) groups excluding carboxylic acids is 1.